The van der Waals surface area contributed by atoms with Gasteiger partial charge in [0.05, 0.1) is 0 Å². The molecule has 2 heterocycles. The molecule has 0 bridgehead atoms. The number of aromatic nitrogens is 1. The van der Waals surface area contributed by atoms with Crippen LogP contribution in [0, 0.1) is 0 Å². The van der Waals surface area contributed by atoms with E-state index in [1.807, 2.05) is 0 Å². The maximum absolute atomic E-state index is 5.46. The summed E-state index contributed by atoms with van der Waals surface area (Å²) in [6.45, 7) is 2.58. The maximum atomic E-state index is 5.46. The van der Waals surface area contributed by atoms with Gasteiger partial charge in [-0.1, -0.05) is 0 Å². The Balaban J connectivity index is 2.37. The van der Waals surface area contributed by atoms with Gasteiger partial charge in [0, 0.05) is 31.0 Å². The minimum absolute atomic E-state index is 0.618. The molecule has 1 aromatic heterocycles. The summed E-state index contributed by atoms with van der Waals surface area (Å²) in [6, 6.07) is 2.13. The molecule has 4 N–H and O–H groups in total. The normalized spacial score (nSPS) is 15.7. The Morgan fingerprint density at radius 1 is 1.50 bits per heavy atom. The molecule has 0 saturated heterocycles. The number of hydrogen-bond acceptors (Lipinski definition) is 2. The van der Waals surface area contributed by atoms with E-state index in [0.29, 0.717) is 6.54 Å². The van der Waals surface area contributed by atoms with E-state index in [-0.39, 0.29) is 0 Å². The number of H-pyrrole nitrogens is 1. The van der Waals surface area contributed by atoms with Crippen LogP contribution in [0.15, 0.2) is 6.07 Å². The van der Waals surface area contributed by atoms with Crippen LogP contribution < -0.4 is 11.1 Å². The van der Waals surface area contributed by atoms with Crippen LogP contribution in [0.2, 0.25) is 0 Å². The molecule has 0 spiro atoms. The molecule has 0 amide bonds. The summed E-state index contributed by atoms with van der Waals surface area (Å²) >= 11 is 0. The molecule has 0 aliphatic carbocycles. The van der Waals surface area contributed by atoms with E-state index in [4.69, 9.17) is 5.73 Å². The van der Waals surface area contributed by atoms with Crippen molar-refractivity contribution in [1.82, 2.24) is 10.3 Å². The van der Waals surface area contributed by atoms with Crippen molar-refractivity contribution in [3.63, 3.8) is 0 Å². The van der Waals surface area contributed by atoms with Gasteiger partial charge in [0.1, 0.15) is 0 Å². The fourth-order valence-corrected chi connectivity index (χ4v) is 1.36. The van der Waals surface area contributed by atoms with Gasteiger partial charge >= 0.3 is 0 Å². The van der Waals surface area contributed by atoms with Gasteiger partial charge in [-0.05, 0) is 11.6 Å². The number of nitrogens with two attached hydrogens (primary N) is 1. The Morgan fingerprint density at radius 2 is 2.40 bits per heavy atom. The third-order valence-corrected chi connectivity index (χ3v) is 1.88. The van der Waals surface area contributed by atoms with Crippen molar-refractivity contribution in [2.45, 2.75) is 19.6 Å². The Kier molecular flexibility index (Phi) is 1.25. The lowest BCUT2D eigenvalue weighted by molar-refractivity contribution is 0.748. The summed E-state index contributed by atoms with van der Waals surface area (Å²) in [5.41, 5.74) is 9.29. The van der Waals surface area contributed by atoms with Crippen LogP contribution >= 0.6 is 0 Å². The Bertz CT molecular complexity index is 217. The molecule has 1 aliphatic rings. The van der Waals surface area contributed by atoms with Crippen molar-refractivity contribution in [3.05, 3.63) is 23.0 Å². The Labute approximate surface area is 59.6 Å². The van der Waals surface area contributed by atoms with Crippen LogP contribution in [-0.2, 0) is 19.6 Å². The number of hydrogen-bond donors (Lipinski definition) is 3. The smallest absolute Gasteiger partial charge is 0.0363 e. The van der Waals surface area contributed by atoms with Crippen LogP contribution in [0.5, 0.6) is 0 Å². The fraction of sp³-hybridized carbons (Fsp3) is 0.429. The lowest BCUT2D eigenvalue weighted by Gasteiger charge is -1.90. The van der Waals surface area contributed by atoms with E-state index in [1.54, 1.807) is 0 Å². The molecule has 3 heteroatoms. The summed E-state index contributed by atoms with van der Waals surface area (Å²) in [4.78, 5) is 3.26. The maximum Gasteiger partial charge on any atom is 0.0363 e. The van der Waals surface area contributed by atoms with Crippen LogP contribution in [0.3, 0.4) is 0 Å². The topological polar surface area (TPSA) is 53.8 Å². The van der Waals surface area contributed by atoms with Crippen LogP contribution in [0.1, 0.15) is 17.0 Å². The van der Waals surface area contributed by atoms with Gasteiger partial charge < -0.3 is 16.0 Å². The number of nitrogens with one attached hydrogen (secondary N) is 2. The highest BCUT2D eigenvalue weighted by Crippen LogP contribution is 2.15. The summed E-state index contributed by atoms with van der Waals surface area (Å²) in [6.07, 6.45) is 0. The molecule has 0 saturated carbocycles. The zero-order valence-corrected chi connectivity index (χ0v) is 5.78. The average Bonchev–Trinajstić information content (AvgIpc) is 2.42. The predicted molar refractivity (Wildman–Crippen MR) is 39.2 cm³/mol. The first-order valence-electron chi connectivity index (χ1n) is 3.50. The van der Waals surface area contributed by atoms with Gasteiger partial charge in [-0.15, -0.1) is 0 Å². The SMILES string of the molecule is NCc1cc2c([nH]1)CNC2. The quantitative estimate of drug-likeness (QED) is 0.513. The second-order valence-corrected chi connectivity index (χ2v) is 2.61. The summed E-state index contributed by atoms with van der Waals surface area (Å²) in [7, 11) is 0. The van der Waals surface area contributed by atoms with Crippen molar-refractivity contribution >= 4 is 0 Å². The summed E-state index contributed by atoms with van der Waals surface area (Å²) in [5.74, 6) is 0. The lowest BCUT2D eigenvalue weighted by Crippen LogP contribution is -2.03. The standard InChI is InChI=1S/C7H11N3/c8-2-6-1-5-3-9-4-7(5)10-6/h1,9-10H,2-4,8H2. The summed E-state index contributed by atoms with van der Waals surface area (Å²) in [5, 5.41) is 3.25. The van der Waals surface area contributed by atoms with Gasteiger partial charge in [0.2, 0.25) is 0 Å². The van der Waals surface area contributed by atoms with E-state index in [0.717, 1.165) is 18.8 Å². The Morgan fingerprint density at radius 3 is 3.10 bits per heavy atom. The molecule has 1 aromatic rings. The molecule has 3 nitrogen and oxygen atoms in total. The second-order valence-electron chi connectivity index (χ2n) is 2.61. The van der Waals surface area contributed by atoms with Crippen LogP contribution in [0.4, 0.5) is 0 Å². The van der Waals surface area contributed by atoms with Crippen molar-refractivity contribution in [1.29, 1.82) is 0 Å². The third-order valence-electron chi connectivity index (χ3n) is 1.88. The molecule has 2 rings (SSSR count). The Hall–Kier alpha value is -0.800. The highest BCUT2D eigenvalue weighted by atomic mass is 14.9. The first-order valence-corrected chi connectivity index (χ1v) is 3.50. The predicted octanol–water partition coefficient (Wildman–Crippen LogP) is 0.0766. The van der Waals surface area contributed by atoms with Crippen molar-refractivity contribution in [3.8, 4) is 0 Å². The number of fused-ring (bicyclic) bond motifs is 1. The number of aromatic amines is 1. The zero-order valence-electron chi connectivity index (χ0n) is 5.78. The molecule has 0 unspecified atom stereocenters. The van der Waals surface area contributed by atoms with E-state index in [1.165, 1.54) is 11.3 Å². The second kappa shape index (κ2) is 2.11. The molecule has 1 aliphatic heterocycles. The van der Waals surface area contributed by atoms with Crippen molar-refractivity contribution in [2.24, 2.45) is 5.73 Å². The molecular weight excluding hydrogens is 126 g/mol. The fourth-order valence-electron chi connectivity index (χ4n) is 1.36. The molecule has 10 heavy (non-hydrogen) atoms. The third kappa shape index (κ3) is 0.751. The largest absolute Gasteiger partial charge is 0.360 e. The molecule has 0 aromatic carbocycles. The van der Waals surface area contributed by atoms with Crippen LogP contribution in [0.25, 0.3) is 0 Å². The number of rotatable bonds is 1. The minimum Gasteiger partial charge on any atom is -0.360 e. The van der Waals surface area contributed by atoms with E-state index >= 15 is 0 Å². The molecule has 54 valence electrons. The van der Waals surface area contributed by atoms with E-state index in [2.05, 4.69) is 16.4 Å². The molecule has 0 atom stereocenters. The highest BCUT2D eigenvalue weighted by molar-refractivity contribution is 5.28. The summed E-state index contributed by atoms with van der Waals surface area (Å²) < 4.78 is 0. The van der Waals surface area contributed by atoms with Gasteiger partial charge in [0.25, 0.3) is 0 Å². The first-order chi connectivity index (χ1) is 4.90. The zero-order chi connectivity index (χ0) is 6.97. The monoisotopic (exact) mass is 137 g/mol. The van der Waals surface area contributed by atoms with Gasteiger partial charge in [0.15, 0.2) is 0 Å². The van der Waals surface area contributed by atoms with Gasteiger partial charge in [-0.25, -0.2) is 0 Å². The average molecular weight is 137 g/mol. The van der Waals surface area contributed by atoms with Gasteiger partial charge in [-0.2, -0.15) is 0 Å². The minimum atomic E-state index is 0.618. The van der Waals surface area contributed by atoms with Crippen molar-refractivity contribution in [2.75, 3.05) is 0 Å². The van der Waals surface area contributed by atoms with E-state index in [9.17, 15) is 0 Å². The van der Waals surface area contributed by atoms with Crippen LogP contribution in [-0.4, -0.2) is 4.98 Å². The highest BCUT2D eigenvalue weighted by Gasteiger charge is 2.11. The molecule has 0 radical (unpaired) electrons. The first kappa shape index (κ1) is 5.95. The van der Waals surface area contributed by atoms with E-state index < -0.39 is 0 Å². The van der Waals surface area contributed by atoms with Crippen molar-refractivity contribution < 1.29 is 0 Å². The van der Waals surface area contributed by atoms with Gasteiger partial charge in [-0.3, -0.25) is 0 Å². The lowest BCUT2D eigenvalue weighted by atomic mass is 10.3. The molecule has 0 fully saturated rings. The molecular formula is C7H11N3.